The lowest BCUT2D eigenvalue weighted by Gasteiger charge is -2.31. The predicted octanol–water partition coefficient (Wildman–Crippen LogP) is 0.636. The molecule has 1 aliphatic heterocycles. The van der Waals surface area contributed by atoms with Crippen molar-refractivity contribution in [3.63, 3.8) is 0 Å². The molecular weight excluding hydrogens is 318 g/mol. The van der Waals surface area contributed by atoms with Gasteiger partial charge in [0.25, 0.3) is 5.91 Å². The van der Waals surface area contributed by atoms with Crippen molar-refractivity contribution in [3.05, 3.63) is 17.5 Å². The first-order chi connectivity index (χ1) is 10.7. The normalized spacial score (nSPS) is 20.7. The van der Waals surface area contributed by atoms with Crippen molar-refractivity contribution in [2.45, 2.75) is 31.6 Å². The van der Waals surface area contributed by atoms with Crippen LogP contribution in [0.15, 0.2) is 6.07 Å². The van der Waals surface area contributed by atoms with Gasteiger partial charge in [0.15, 0.2) is 0 Å². The summed E-state index contributed by atoms with van der Waals surface area (Å²) in [4.78, 5) is 26.3. The van der Waals surface area contributed by atoms with Gasteiger partial charge in [0.05, 0.1) is 5.92 Å². The van der Waals surface area contributed by atoms with Gasteiger partial charge in [-0.2, -0.15) is 5.10 Å². The minimum Gasteiger partial charge on any atom is -0.355 e. The van der Waals surface area contributed by atoms with Crippen LogP contribution in [-0.4, -0.2) is 53.1 Å². The molecule has 0 aromatic carbocycles. The number of hydrogen-bond donors (Lipinski definition) is 3. The molecule has 0 bridgehead atoms. The lowest BCUT2D eigenvalue weighted by atomic mass is 9.97. The van der Waals surface area contributed by atoms with Crippen molar-refractivity contribution in [1.82, 2.24) is 20.4 Å². The molecule has 8 heteroatoms. The van der Waals surface area contributed by atoms with Crippen LogP contribution in [0.4, 0.5) is 0 Å². The third-order valence-corrected chi connectivity index (χ3v) is 4.36. The molecule has 1 unspecified atom stereocenters. The molecule has 2 fully saturated rings. The summed E-state index contributed by atoms with van der Waals surface area (Å²) in [6.07, 6.45) is 3.99. The number of carbonyl (C=O) groups is 2. The number of nitrogens with one attached hydrogen (secondary N) is 2. The van der Waals surface area contributed by atoms with E-state index in [0.29, 0.717) is 37.8 Å². The Morgan fingerprint density at radius 1 is 1.39 bits per heavy atom. The molecule has 0 spiro atoms. The lowest BCUT2D eigenvalue weighted by molar-refractivity contribution is -0.126. The first kappa shape index (κ1) is 17.7. The van der Waals surface area contributed by atoms with Crippen molar-refractivity contribution in [1.29, 1.82) is 0 Å². The minimum atomic E-state index is -0.147. The van der Waals surface area contributed by atoms with Gasteiger partial charge >= 0.3 is 0 Å². The fourth-order valence-corrected chi connectivity index (χ4v) is 2.93. The number of aromatic amines is 1. The van der Waals surface area contributed by atoms with Crippen molar-refractivity contribution >= 4 is 24.2 Å². The van der Waals surface area contributed by atoms with Gasteiger partial charge in [0.1, 0.15) is 5.69 Å². The van der Waals surface area contributed by atoms with E-state index in [9.17, 15) is 9.59 Å². The lowest BCUT2D eigenvalue weighted by Crippen LogP contribution is -2.46. The molecule has 2 heterocycles. The van der Waals surface area contributed by atoms with Gasteiger partial charge < -0.3 is 16.0 Å². The van der Waals surface area contributed by atoms with E-state index in [-0.39, 0.29) is 30.1 Å². The Bertz CT molecular complexity index is 558. The highest BCUT2D eigenvalue weighted by molar-refractivity contribution is 5.93. The van der Waals surface area contributed by atoms with E-state index in [2.05, 4.69) is 15.5 Å². The maximum Gasteiger partial charge on any atom is 0.274 e. The molecule has 0 radical (unpaired) electrons. The summed E-state index contributed by atoms with van der Waals surface area (Å²) in [5.74, 6) is 0.305. The first-order valence-corrected chi connectivity index (χ1v) is 8.01. The van der Waals surface area contributed by atoms with E-state index in [0.717, 1.165) is 18.5 Å². The standard InChI is InChI=1S/C15H23N5O2.ClH/c16-5-6-17-14(21)11-2-1-7-20(9-11)15(22)13-8-12(18-19-13)10-3-4-10;/h8,10-11H,1-7,9,16H2,(H,17,21)(H,18,19);1H. The fourth-order valence-electron chi connectivity index (χ4n) is 2.93. The molecule has 23 heavy (non-hydrogen) atoms. The van der Waals surface area contributed by atoms with Gasteiger partial charge in [0, 0.05) is 37.8 Å². The molecule has 7 nitrogen and oxygen atoms in total. The molecule has 1 aromatic rings. The van der Waals surface area contributed by atoms with Gasteiger partial charge in [-0.1, -0.05) is 0 Å². The summed E-state index contributed by atoms with van der Waals surface area (Å²) in [6, 6.07) is 1.86. The molecule has 1 saturated heterocycles. The molecule has 128 valence electrons. The van der Waals surface area contributed by atoms with Crippen molar-refractivity contribution in [3.8, 4) is 0 Å². The fraction of sp³-hybridized carbons (Fsp3) is 0.667. The average Bonchev–Trinajstić information content (AvgIpc) is 3.29. The number of rotatable bonds is 5. The van der Waals surface area contributed by atoms with Crippen LogP contribution in [0.25, 0.3) is 0 Å². The second-order valence-electron chi connectivity index (χ2n) is 6.15. The molecule has 1 saturated carbocycles. The Labute approximate surface area is 141 Å². The number of amides is 2. The van der Waals surface area contributed by atoms with Gasteiger partial charge in [-0.15, -0.1) is 12.4 Å². The smallest absolute Gasteiger partial charge is 0.274 e. The highest BCUT2D eigenvalue weighted by atomic mass is 35.5. The van der Waals surface area contributed by atoms with E-state index in [1.165, 1.54) is 12.8 Å². The van der Waals surface area contributed by atoms with Gasteiger partial charge in [-0.3, -0.25) is 14.7 Å². The van der Waals surface area contributed by atoms with Crippen LogP contribution >= 0.6 is 12.4 Å². The summed E-state index contributed by atoms with van der Waals surface area (Å²) in [7, 11) is 0. The third-order valence-electron chi connectivity index (χ3n) is 4.36. The number of hydrogen-bond acceptors (Lipinski definition) is 4. The summed E-state index contributed by atoms with van der Waals surface area (Å²) in [5.41, 5.74) is 6.91. The molecule has 4 N–H and O–H groups in total. The van der Waals surface area contributed by atoms with Crippen LogP contribution in [0.2, 0.25) is 0 Å². The predicted molar refractivity (Wildman–Crippen MR) is 88.5 cm³/mol. The van der Waals surface area contributed by atoms with E-state index in [1.54, 1.807) is 4.90 Å². The number of carbonyl (C=O) groups excluding carboxylic acids is 2. The Morgan fingerprint density at radius 2 is 2.17 bits per heavy atom. The van der Waals surface area contributed by atoms with Crippen LogP contribution in [-0.2, 0) is 4.79 Å². The SMILES string of the molecule is Cl.NCCNC(=O)C1CCCN(C(=O)c2cc(C3CC3)[nH]n2)C1. The zero-order valence-electron chi connectivity index (χ0n) is 13.1. The highest BCUT2D eigenvalue weighted by Crippen LogP contribution is 2.39. The number of nitrogens with two attached hydrogens (primary N) is 1. The monoisotopic (exact) mass is 341 g/mol. The van der Waals surface area contributed by atoms with E-state index < -0.39 is 0 Å². The number of aromatic nitrogens is 2. The Hall–Kier alpha value is -1.60. The quantitative estimate of drug-likeness (QED) is 0.730. The summed E-state index contributed by atoms with van der Waals surface area (Å²) in [6.45, 7) is 2.05. The minimum absolute atomic E-state index is 0. The number of H-pyrrole nitrogens is 1. The van der Waals surface area contributed by atoms with Gasteiger partial charge in [-0.25, -0.2) is 0 Å². The number of likely N-dealkylation sites (tertiary alicyclic amines) is 1. The van der Waals surface area contributed by atoms with Crippen LogP contribution in [0.5, 0.6) is 0 Å². The van der Waals surface area contributed by atoms with Crippen molar-refractivity contribution in [2.75, 3.05) is 26.2 Å². The summed E-state index contributed by atoms with van der Waals surface area (Å²) in [5, 5.41) is 9.90. The number of halogens is 1. The number of nitrogens with zero attached hydrogens (tertiary/aromatic N) is 2. The molecule has 1 aromatic heterocycles. The first-order valence-electron chi connectivity index (χ1n) is 8.01. The maximum absolute atomic E-state index is 12.5. The van der Waals surface area contributed by atoms with E-state index in [4.69, 9.17) is 5.73 Å². The third kappa shape index (κ3) is 4.23. The summed E-state index contributed by atoms with van der Waals surface area (Å²) < 4.78 is 0. The van der Waals surface area contributed by atoms with Crippen molar-refractivity contribution < 1.29 is 9.59 Å². The van der Waals surface area contributed by atoms with E-state index >= 15 is 0 Å². The zero-order valence-corrected chi connectivity index (χ0v) is 13.9. The largest absolute Gasteiger partial charge is 0.355 e. The van der Waals surface area contributed by atoms with Gasteiger partial charge in [0.2, 0.25) is 5.91 Å². The Kier molecular flexibility index (Phi) is 6.01. The molecule has 2 aliphatic rings. The Morgan fingerprint density at radius 3 is 2.87 bits per heavy atom. The Balaban J connectivity index is 0.00000192. The molecule has 2 amide bonds. The second kappa shape index (κ2) is 7.79. The second-order valence-corrected chi connectivity index (χ2v) is 6.15. The molecule has 1 aliphatic carbocycles. The molecule has 1 atom stereocenters. The topological polar surface area (TPSA) is 104 Å². The van der Waals surface area contributed by atoms with Crippen LogP contribution in [0.1, 0.15) is 47.8 Å². The highest BCUT2D eigenvalue weighted by Gasteiger charge is 2.31. The van der Waals surface area contributed by atoms with E-state index in [1.807, 2.05) is 6.07 Å². The van der Waals surface area contributed by atoms with Crippen LogP contribution in [0, 0.1) is 5.92 Å². The zero-order chi connectivity index (χ0) is 15.5. The molecular formula is C15H24ClN5O2. The van der Waals surface area contributed by atoms with Gasteiger partial charge in [-0.05, 0) is 31.7 Å². The molecule has 3 rings (SSSR count). The maximum atomic E-state index is 12.5. The van der Waals surface area contributed by atoms with Crippen LogP contribution in [0.3, 0.4) is 0 Å². The van der Waals surface area contributed by atoms with Crippen molar-refractivity contribution in [2.24, 2.45) is 11.7 Å². The average molecular weight is 342 g/mol. The summed E-state index contributed by atoms with van der Waals surface area (Å²) >= 11 is 0. The van der Waals surface area contributed by atoms with Crippen LogP contribution < -0.4 is 11.1 Å². The number of piperidine rings is 1.